The first-order valence-corrected chi connectivity index (χ1v) is 8.48. The van der Waals surface area contributed by atoms with E-state index in [1.165, 1.54) is 6.07 Å². The van der Waals surface area contributed by atoms with Gasteiger partial charge >= 0.3 is 12.1 Å². The Hall–Kier alpha value is -1.56. The van der Waals surface area contributed by atoms with Crippen molar-refractivity contribution < 1.29 is 27.8 Å². The van der Waals surface area contributed by atoms with Gasteiger partial charge in [0.25, 0.3) is 0 Å². The average molecular weight is 360 g/mol. The second-order valence-corrected chi connectivity index (χ2v) is 7.19. The first-order valence-electron chi connectivity index (χ1n) is 8.48. The van der Waals surface area contributed by atoms with Gasteiger partial charge in [0.2, 0.25) is 0 Å². The zero-order valence-corrected chi connectivity index (χ0v) is 15.2. The van der Waals surface area contributed by atoms with Gasteiger partial charge < -0.3 is 9.84 Å². The Morgan fingerprint density at radius 1 is 1.24 bits per heavy atom. The molecule has 0 fully saturated rings. The molecule has 0 bridgehead atoms. The van der Waals surface area contributed by atoms with E-state index >= 15 is 0 Å². The molecule has 0 saturated carbocycles. The van der Waals surface area contributed by atoms with Gasteiger partial charge in [0.15, 0.2) is 0 Å². The molecular formula is C19H27F3O3. The minimum absolute atomic E-state index is 0.0399. The predicted octanol–water partition coefficient (Wildman–Crippen LogP) is 4.54. The van der Waals surface area contributed by atoms with Gasteiger partial charge in [-0.1, -0.05) is 25.5 Å². The van der Waals surface area contributed by atoms with Crippen molar-refractivity contribution in [2.24, 2.45) is 5.92 Å². The van der Waals surface area contributed by atoms with Crippen molar-refractivity contribution in [3.8, 4) is 0 Å². The molecule has 0 aliphatic carbocycles. The minimum atomic E-state index is -4.49. The van der Waals surface area contributed by atoms with E-state index in [-0.39, 0.29) is 30.9 Å². The average Bonchev–Trinajstić information content (AvgIpc) is 2.48. The first kappa shape index (κ1) is 21.5. The van der Waals surface area contributed by atoms with Gasteiger partial charge in [0.1, 0.15) is 5.60 Å². The Labute approximate surface area is 147 Å². The SMILES string of the molecule is CCC(CO)Cc1cccc(C(F)(F)F)c1CCC(=O)OC(C)(C)C. The fraction of sp³-hybridized carbons (Fsp3) is 0.632. The second kappa shape index (κ2) is 8.70. The first-order chi connectivity index (χ1) is 11.5. The summed E-state index contributed by atoms with van der Waals surface area (Å²) in [6, 6.07) is 4.05. The van der Waals surface area contributed by atoms with Gasteiger partial charge in [-0.15, -0.1) is 0 Å². The molecule has 1 aromatic rings. The number of esters is 1. The number of ether oxygens (including phenoxy) is 1. The molecule has 142 valence electrons. The molecule has 1 aromatic carbocycles. The molecule has 0 aliphatic rings. The zero-order valence-electron chi connectivity index (χ0n) is 15.2. The van der Waals surface area contributed by atoms with Crippen LogP contribution in [-0.2, 0) is 28.5 Å². The van der Waals surface area contributed by atoms with E-state index in [9.17, 15) is 23.1 Å². The summed E-state index contributed by atoms with van der Waals surface area (Å²) in [5.74, 6) is -0.631. The third kappa shape index (κ3) is 7.06. The third-order valence-corrected chi connectivity index (χ3v) is 3.92. The number of benzene rings is 1. The van der Waals surface area contributed by atoms with Gasteiger partial charge in [-0.2, -0.15) is 13.2 Å². The van der Waals surface area contributed by atoms with Gasteiger partial charge in [-0.25, -0.2) is 0 Å². The zero-order chi connectivity index (χ0) is 19.3. The van der Waals surface area contributed by atoms with Crippen LogP contribution in [0.1, 0.15) is 57.2 Å². The summed E-state index contributed by atoms with van der Waals surface area (Å²) >= 11 is 0. The van der Waals surface area contributed by atoms with E-state index in [0.29, 0.717) is 18.4 Å². The van der Waals surface area contributed by atoms with Crippen molar-refractivity contribution >= 4 is 5.97 Å². The van der Waals surface area contributed by atoms with E-state index in [2.05, 4.69) is 0 Å². The topological polar surface area (TPSA) is 46.5 Å². The largest absolute Gasteiger partial charge is 0.460 e. The summed E-state index contributed by atoms with van der Waals surface area (Å²) in [4.78, 5) is 11.9. The lowest BCUT2D eigenvalue weighted by Gasteiger charge is -2.21. The van der Waals surface area contributed by atoms with E-state index in [4.69, 9.17) is 4.74 Å². The summed E-state index contributed by atoms with van der Waals surface area (Å²) in [7, 11) is 0. The fourth-order valence-corrected chi connectivity index (χ4v) is 2.66. The molecule has 25 heavy (non-hydrogen) atoms. The molecule has 0 saturated heterocycles. The molecule has 1 atom stereocenters. The highest BCUT2D eigenvalue weighted by molar-refractivity contribution is 5.70. The van der Waals surface area contributed by atoms with Crippen LogP contribution < -0.4 is 0 Å². The number of hydrogen-bond donors (Lipinski definition) is 1. The maximum atomic E-state index is 13.4. The van der Waals surface area contributed by atoms with Crippen molar-refractivity contribution in [1.82, 2.24) is 0 Å². The third-order valence-electron chi connectivity index (χ3n) is 3.92. The summed E-state index contributed by atoms with van der Waals surface area (Å²) in [6.45, 7) is 6.94. The maximum Gasteiger partial charge on any atom is 0.416 e. The fourth-order valence-electron chi connectivity index (χ4n) is 2.66. The molecule has 1 N–H and O–H groups in total. The Bertz CT molecular complexity index is 570. The van der Waals surface area contributed by atoms with E-state index in [1.54, 1.807) is 26.8 Å². The van der Waals surface area contributed by atoms with Gasteiger partial charge in [0, 0.05) is 13.0 Å². The molecule has 1 unspecified atom stereocenters. The van der Waals surface area contributed by atoms with Crippen LogP contribution in [0.5, 0.6) is 0 Å². The predicted molar refractivity (Wildman–Crippen MR) is 90.2 cm³/mol. The number of carbonyl (C=O) groups excluding carboxylic acids is 1. The van der Waals surface area contributed by atoms with Crippen LogP contribution in [0.25, 0.3) is 0 Å². The number of carbonyl (C=O) groups is 1. The highest BCUT2D eigenvalue weighted by Crippen LogP contribution is 2.35. The monoisotopic (exact) mass is 360 g/mol. The minimum Gasteiger partial charge on any atom is -0.460 e. The summed E-state index contributed by atoms with van der Waals surface area (Å²) < 4.78 is 45.3. The number of aliphatic hydroxyl groups excluding tert-OH is 1. The molecule has 1 rings (SSSR count). The summed E-state index contributed by atoms with van der Waals surface area (Å²) in [5.41, 5.74) is -0.749. The van der Waals surface area contributed by atoms with Crippen molar-refractivity contribution in [3.05, 3.63) is 34.9 Å². The summed E-state index contributed by atoms with van der Waals surface area (Å²) in [6.07, 6.45) is -3.63. The van der Waals surface area contributed by atoms with Crippen LogP contribution in [0, 0.1) is 5.92 Å². The Kier molecular flexibility index (Phi) is 7.47. The lowest BCUT2D eigenvalue weighted by atomic mass is 9.89. The number of alkyl halides is 3. The second-order valence-electron chi connectivity index (χ2n) is 7.19. The Morgan fingerprint density at radius 3 is 2.36 bits per heavy atom. The van der Waals surface area contributed by atoms with Crippen molar-refractivity contribution in [2.75, 3.05) is 6.61 Å². The number of halogens is 3. The van der Waals surface area contributed by atoms with Crippen molar-refractivity contribution in [1.29, 1.82) is 0 Å². The van der Waals surface area contributed by atoms with Crippen LogP contribution in [0.3, 0.4) is 0 Å². The number of aliphatic hydroxyl groups is 1. The van der Waals surface area contributed by atoms with E-state index < -0.39 is 23.3 Å². The Balaban J connectivity index is 3.09. The van der Waals surface area contributed by atoms with Crippen LogP contribution in [-0.4, -0.2) is 23.3 Å². The highest BCUT2D eigenvalue weighted by atomic mass is 19.4. The number of rotatable bonds is 7. The molecule has 0 radical (unpaired) electrons. The normalized spacial score (nSPS) is 13.6. The number of hydrogen-bond acceptors (Lipinski definition) is 3. The quantitative estimate of drug-likeness (QED) is 0.726. The molecule has 0 heterocycles. The standard InChI is InChI=1S/C19H27F3O3/c1-5-13(12-23)11-14-7-6-8-16(19(20,21)22)15(14)9-10-17(24)25-18(2,3)4/h6-8,13,23H,5,9-12H2,1-4H3. The van der Waals surface area contributed by atoms with Gasteiger partial charge in [-0.05, 0) is 56.7 Å². The maximum absolute atomic E-state index is 13.4. The van der Waals surface area contributed by atoms with Crippen LogP contribution in [0.15, 0.2) is 18.2 Å². The lowest BCUT2D eigenvalue weighted by Crippen LogP contribution is -2.24. The van der Waals surface area contributed by atoms with E-state index in [0.717, 1.165) is 6.07 Å². The summed E-state index contributed by atoms with van der Waals surface area (Å²) in [5, 5.41) is 9.36. The molecule has 0 spiro atoms. The lowest BCUT2D eigenvalue weighted by molar-refractivity contribution is -0.155. The smallest absolute Gasteiger partial charge is 0.416 e. The Morgan fingerprint density at radius 2 is 1.88 bits per heavy atom. The van der Waals surface area contributed by atoms with Gasteiger partial charge in [0.05, 0.1) is 5.56 Å². The van der Waals surface area contributed by atoms with Crippen LogP contribution in [0.2, 0.25) is 0 Å². The van der Waals surface area contributed by atoms with Gasteiger partial charge in [-0.3, -0.25) is 4.79 Å². The molecule has 6 heteroatoms. The molecule has 0 aromatic heterocycles. The van der Waals surface area contributed by atoms with Crippen molar-refractivity contribution in [3.63, 3.8) is 0 Å². The molecule has 3 nitrogen and oxygen atoms in total. The van der Waals surface area contributed by atoms with Crippen LogP contribution >= 0.6 is 0 Å². The van der Waals surface area contributed by atoms with E-state index in [1.807, 2.05) is 6.92 Å². The van der Waals surface area contributed by atoms with Crippen LogP contribution in [0.4, 0.5) is 13.2 Å². The highest BCUT2D eigenvalue weighted by Gasteiger charge is 2.34. The molecule has 0 aliphatic heterocycles. The molecule has 0 amide bonds. The van der Waals surface area contributed by atoms with Crippen molar-refractivity contribution in [2.45, 2.75) is 65.2 Å². The molecular weight excluding hydrogens is 333 g/mol.